The third kappa shape index (κ3) is 1.99. The average Bonchev–Trinajstić information content (AvgIpc) is 2.68. The molecule has 1 aliphatic rings. The van der Waals surface area contributed by atoms with Crippen molar-refractivity contribution in [3.8, 4) is 0 Å². The summed E-state index contributed by atoms with van der Waals surface area (Å²) in [5.41, 5.74) is -0.139. The lowest BCUT2D eigenvalue weighted by Crippen LogP contribution is -2.30. The number of rotatable bonds is 2. The van der Waals surface area contributed by atoms with E-state index in [4.69, 9.17) is 5.11 Å². The zero-order valence-corrected chi connectivity index (χ0v) is 9.21. The third-order valence-corrected chi connectivity index (χ3v) is 4.01. The summed E-state index contributed by atoms with van der Waals surface area (Å²) in [5, 5.41) is 12.4. The average molecular weight is 228 g/mol. The van der Waals surface area contributed by atoms with E-state index in [-0.39, 0.29) is 11.3 Å². The summed E-state index contributed by atoms with van der Waals surface area (Å²) >= 11 is 1.85. The van der Waals surface area contributed by atoms with Gasteiger partial charge in [-0.1, -0.05) is 12.1 Å². The fourth-order valence-corrected chi connectivity index (χ4v) is 2.88. The summed E-state index contributed by atoms with van der Waals surface area (Å²) in [7, 11) is 0. The van der Waals surface area contributed by atoms with Crippen LogP contribution in [0.3, 0.4) is 0 Å². The van der Waals surface area contributed by atoms with Gasteiger partial charge >= 0.3 is 11.9 Å². The third-order valence-electron chi connectivity index (χ3n) is 2.59. The van der Waals surface area contributed by atoms with Crippen molar-refractivity contribution >= 4 is 17.7 Å². The molecule has 1 fully saturated rings. The first kappa shape index (κ1) is 10.5. The highest BCUT2D eigenvalue weighted by Gasteiger charge is 2.34. The van der Waals surface area contributed by atoms with Gasteiger partial charge < -0.3 is 9.63 Å². The summed E-state index contributed by atoms with van der Waals surface area (Å²) in [6.45, 7) is 2.05. The van der Waals surface area contributed by atoms with Crippen molar-refractivity contribution in [2.45, 2.75) is 25.2 Å². The molecule has 0 saturated carbocycles. The highest BCUT2D eigenvalue weighted by atomic mass is 32.2. The molecule has 0 bridgehead atoms. The Morgan fingerprint density at radius 1 is 1.67 bits per heavy atom. The minimum atomic E-state index is -1.17. The monoisotopic (exact) mass is 228 g/mol. The molecule has 0 aromatic carbocycles. The topological polar surface area (TPSA) is 76.2 Å². The van der Waals surface area contributed by atoms with Crippen molar-refractivity contribution in [3.05, 3.63) is 11.7 Å². The Morgan fingerprint density at radius 2 is 2.47 bits per heavy atom. The maximum atomic E-state index is 10.6. The zero-order chi connectivity index (χ0) is 10.9. The van der Waals surface area contributed by atoms with Gasteiger partial charge in [0, 0.05) is 11.2 Å². The molecule has 1 N–H and O–H groups in total. The van der Waals surface area contributed by atoms with E-state index in [2.05, 4.69) is 21.6 Å². The molecule has 1 aromatic rings. The maximum Gasteiger partial charge on any atom is 0.394 e. The molecule has 1 aliphatic heterocycles. The van der Waals surface area contributed by atoms with Crippen LogP contribution in [0.25, 0.3) is 0 Å². The van der Waals surface area contributed by atoms with Crippen molar-refractivity contribution in [1.82, 2.24) is 10.1 Å². The molecule has 15 heavy (non-hydrogen) atoms. The molecule has 2 rings (SSSR count). The Hall–Kier alpha value is -1.04. The number of thioether (sulfide) groups is 1. The fraction of sp³-hybridized carbons (Fsp3) is 0.667. The van der Waals surface area contributed by atoms with E-state index in [0.29, 0.717) is 5.82 Å². The van der Waals surface area contributed by atoms with Gasteiger partial charge in [0.2, 0.25) is 0 Å². The van der Waals surface area contributed by atoms with E-state index in [9.17, 15) is 4.79 Å². The molecular formula is C9H12N2O3S. The number of carbonyl (C=O) groups is 1. The van der Waals surface area contributed by atoms with Gasteiger partial charge in [-0.25, -0.2) is 4.79 Å². The first-order valence-electron chi connectivity index (χ1n) is 4.77. The molecule has 0 amide bonds. The summed E-state index contributed by atoms with van der Waals surface area (Å²) in [5.74, 6) is 1.11. The Labute approximate surface area is 91.2 Å². The number of aromatic carboxylic acids is 1. The summed E-state index contributed by atoms with van der Waals surface area (Å²) in [6, 6.07) is 0. The normalized spacial score (nSPS) is 26.5. The van der Waals surface area contributed by atoms with Gasteiger partial charge in [0.05, 0.1) is 0 Å². The first-order chi connectivity index (χ1) is 7.12. The van der Waals surface area contributed by atoms with Crippen LogP contribution in [0.2, 0.25) is 0 Å². The molecule has 6 heteroatoms. The van der Waals surface area contributed by atoms with Crippen LogP contribution in [0.4, 0.5) is 0 Å². The highest BCUT2D eigenvalue weighted by molar-refractivity contribution is 7.99. The zero-order valence-electron chi connectivity index (χ0n) is 8.39. The molecule has 0 radical (unpaired) electrons. The molecular weight excluding hydrogens is 216 g/mol. The van der Waals surface area contributed by atoms with Gasteiger partial charge in [0.1, 0.15) is 0 Å². The molecule has 0 spiro atoms. The van der Waals surface area contributed by atoms with E-state index in [0.717, 1.165) is 24.3 Å². The van der Waals surface area contributed by atoms with Crippen LogP contribution in [0, 0.1) is 0 Å². The first-order valence-corrected chi connectivity index (χ1v) is 5.92. The quantitative estimate of drug-likeness (QED) is 0.827. The molecule has 0 aliphatic carbocycles. The molecule has 5 nitrogen and oxygen atoms in total. The van der Waals surface area contributed by atoms with Crippen LogP contribution >= 0.6 is 11.8 Å². The second-order valence-corrected chi connectivity index (χ2v) is 5.05. The predicted molar refractivity (Wildman–Crippen MR) is 55.2 cm³/mol. The van der Waals surface area contributed by atoms with E-state index in [1.54, 1.807) is 0 Å². The van der Waals surface area contributed by atoms with Crippen molar-refractivity contribution in [1.29, 1.82) is 0 Å². The smallest absolute Gasteiger partial charge is 0.394 e. The lowest BCUT2D eigenvalue weighted by molar-refractivity contribution is 0.0643. The number of aromatic nitrogens is 2. The standard InChI is InChI=1S/C9H12N2O3S/c1-9(3-2-4-15-5-9)8-10-6(7(12)13)14-11-8/h2-5H2,1H3,(H,12,13). The van der Waals surface area contributed by atoms with E-state index in [1.807, 2.05) is 11.8 Å². The van der Waals surface area contributed by atoms with Gasteiger partial charge in [0.15, 0.2) is 5.82 Å². The highest BCUT2D eigenvalue weighted by Crippen LogP contribution is 2.35. The molecule has 82 valence electrons. The van der Waals surface area contributed by atoms with Gasteiger partial charge in [0.25, 0.3) is 0 Å². The summed E-state index contributed by atoms with van der Waals surface area (Å²) in [6.07, 6.45) is 2.09. The predicted octanol–water partition coefficient (Wildman–Crippen LogP) is 1.55. The van der Waals surface area contributed by atoms with Crippen molar-refractivity contribution < 1.29 is 14.4 Å². The van der Waals surface area contributed by atoms with Crippen LogP contribution < -0.4 is 0 Å². The second kappa shape index (κ2) is 3.84. The van der Waals surface area contributed by atoms with Crippen LogP contribution in [0.1, 0.15) is 36.3 Å². The molecule has 2 heterocycles. The number of hydrogen-bond acceptors (Lipinski definition) is 5. The SMILES string of the molecule is CC1(c2noc(C(=O)O)n2)CCCSC1. The number of hydrogen-bond donors (Lipinski definition) is 1. The molecule has 1 atom stereocenters. The van der Waals surface area contributed by atoms with Gasteiger partial charge in [-0.05, 0) is 18.6 Å². The van der Waals surface area contributed by atoms with Crippen molar-refractivity contribution in [2.24, 2.45) is 0 Å². The Bertz CT molecular complexity index is 371. The number of carboxylic acids is 1. The summed E-state index contributed by atoms with van der Waals surface area (Å²) in [4.78, 5) is 14.5. The largest absolute Gasteiger partial charge is 0.474 e. The van der Waals surface area contributed by atoms with Crippen LogP contribution in [0.15, 0.2) is 4.52 Å². The molecule has 1 unspecified atom stereocenters. The Balaban J connectivity index is 2.23. The molecule has 1 saturated heterocycles. The number of carboxylic acid groups (broad SMARTS) is 1. The van der Waals surface area contributed by atoms with Gasteiger partial charge in [-0.2, -0.15) is 16.7 Å². The Kier molecular flexibility index (Phi) is 2.68. The lowest BCUT2D eigenvalue weighted by Gasteiger charge is -2.29. The van der Waals surface area contributed by atoms with Crippen molar-refractivity contribution in [3.63, 3.8) is 0 Å². The minimum absolute atomic E-state index is 0.139. The van der Waals surface area contributed by atoms with Gasteiger partial charge in [-0.15, -0.1) is 0 Å². The molecule has 1 aromatic heterocycles. The fourth-order valence-electron chi connectivity index (χ4n) is 1.67. The van der Waals surface area contributed by atoms with E-state index >= 15 is 0 Å². The van der Waals surface area contributed by atoms with E-state index < -0.39 is 5.97 Å². The second-order valence-electron chi connectivity index (χ2n) is 3.95. The van der Waals surface area contributed by atoms with E-state index in [1.165, 1.54) is 0 Å². The van der Waals surface area contributed by atoms with Crippen LogP contribution in [-0.2, 0) is 5.41 Å². The maximum absolute atomic E-state index is 10.6. The lowest BCUT2D eigenvalue weighted by atomic mass is 9.86. The minimum Gasteiger partial charge on any atom is -0.474 e. The van der Waals surface area contributed by atoms with Crippen molar-refractivity contribution in [2.75, 3.05) is 11.5 Å². The summed E-state index contributed by atoms with van der Waals surface area (Å²) < 4.78 is 4.67. The number of nitrogens with zero attached hydrogens (tertiary/aromatic N) is 2. The van der Waals surface area contributed by atoms with Crippen LogP contribution in [-0.4, -0.2) is 32.7 Å². The van der Waals surface area contributed by atoms with Gasteiger partial charge in [-0.3, -0.25) is 0 Å². The van der Waals surface area contributed by atoms with Crippen LogP contribution in [0.5, 0.6) is 0 Å². The Morgan fingerprint density at radius 3 is 3.00 bits per heavy atom.